The van der Waals surface area contributed by atoms with Crippen LogP contribution in [0.25, 0.3) is 0 Å². The lowest BCUT2D eigenvalue weighted by molar-refractivity contribution is 0.100. The van der Waals surface area contributed by atoms with Gasteiger partial charge in [-0.2, -0.15) is 0 Å². The van der Waals surface area contributed by atoms with Crippen LogP contribution in [0.5, 0.6) is 5.75 Å². The topological polar surface area (TPSA) is 55.4 Å². The maximum absolute atomic E-state index is 13.7. The third-order valence-corrected chi connectivity index (χ3v) is 3.05. The van der Waals surface area contributed by atoms with Crippen LogP contribution in [-0.4, -0.2) is 18.3 Å². The number of benzene rings is 2. The fourth-order valence-electron chi connectivity index (χ4n) is 1.96. The Morgan fingerprint density at radius 1 is 1.18 bits per heavy atom. The fourth-order valence-corrected chi connectivity index (χ4v) is 1.96. The third kappa shape index (κ3) is 3.49. The molecule has 0 saturated heterocycles. The van der Waals surface area contributed by atoms with E-state index in [0.717, 1.165) is 0 Å². The van der Waals surface area contributed by atoms with E-state index in [0.29, 0.717) is 23.6 Å². The Morgan fingerprint density at radius 3 is 2.55 bits per heavy atom. The zero-order valence-corrected chi connectivity index (χ0v) is 12.4. The van der Waals surface area contributed by atoms with E-state index in [-0.39, 0.29) is 11.3 Å². The highest BCUT2D eigenvalue weighted by Gasteiger charge is 2.14. The molecule has 0 aliphatic rings. The van der Waals surface area contributed by atoms with E-state index in [2.05, 4.69) is 5.32 Å². The average Bonchev–Trinajstić information content (AvgIpc) is 2.49. The Kier molecular flexibility index (Phi) is 4.88. The Morgan fingerprint density at radius 2 is 1.91 bits per heavy atom. The molecule has 2 aromatic carbocycles. The number of rotatable bonds is 5. The first kappa shape index (κ1) is 15.7. The Labute approximate surface area is 127 Å². The third-order valence-electron chi connectivity index (χ3n) is 3.05. The number of halogens is 1. The molecule has 1 amide bonds. The number of ketones is 1. The second-order valence-electron chi connectivity index (χ2n) is 4.63. The van der Waals surface area contributed by atoms with Crippen molar-refractivity contribution in [3.8, 4) is 5.75 Å². The van der Waals surface area contributed by atoms with Gasteiger partial charge in [-0.1, -0.05) is 12.1 Å². The fraction of sp³-hybridized carbons (Fsp3) is 0.176. The van der Waals surface area contributed by atoms with Crippen LogP contribution in [-0.2, 0) is 0 Å². The van der Waals surface area contributed by atoms with E-state index in [1.54, 1.807) is 25.1 Å². The molecule has 0 radical (unpaired) electrons. The Bertz CT molecular complexity index is 713. The Balaban J connectivity index is 2.34. The van der Waals surface area contributed by atoms with Gasteiger partial charge in [0.1, 0.15) is 11.6 Å². The van der Waals surface area contributed by atoms with Crippen molar-refractivity contribution in [1.82, 2.24) is 0 Å². The van der Waals surface area contributed by atoms with Crippen molar-refractivity contribution in [3.05, 3.63) is 59.4 Å². The van der Waals surface area contributed by atoms with Gasteiger partial charge in [0.25, 0.3) is 5.91 Å². The van der Waals surface area contributed by atoms with Crippen molar-refractivity contribution in [1.29, 1.82) is 0 Å². The number of ether oxygens (including phenoxy) is 1. The molecular formula is C17H16FNO3. The molecule has 0 aromatic heterocycles. The maximum Gasteiger partial charge on any atom is 0.258 e. The summed E-state index contributed by atoms with van der Waals surface area (Å²) >= 11 is 0. The monoisotopic (exact) mass is 301 g/mol. The highest BCUT2D eigenvalue weighted by molar-refractivity contribution is 6.06. The van der Waals surface area contributed by atoms with Crippen LogP contribution in [0.1, 0.15) is 34.6 Å². The first-order valence-electron chi connectivity index (χ1n) is 6.86. The zero-order chi connectivity index (χ0) is 16.1. The molecule has 114 valence electrons. The molecule has 0 atom stereocenters. The molecule has 0 fully saturated rings. The molecule has 2 rings (SSSR count). The maximum atomic E-state index is 13.7. The number of amides is 1. The molecule has 5 heteroatoms. The van der Waals surface area contributed by atoms with Crippen LogP contribution >= 0.6 is 0 Å². The van der Waals surface area contributed by atoms with Crippen molar-refractivity contribution in [2.45, 2.75) is 13.8 Å². The van der Waals surface area contributed by atoms with E-state index < -0.39 is 11.7 Å². The van der Waals surface area contributed by atoms with Crippen LogP contribution in [0.2, 0.25) is 0 Å². The minimum Gasteiger partial charge on any atom is -0.492 e. The second-order valence-corrected chi connectivity index (χ2v) is 4.63. The highest BCUT2D eigenvalue weighted by atomic mass is 19.1. The van der Waals surface area contributed by atoms with Crippen LogP contribution in [0, 0.1) is 5.82 Å². The summed E-state index contributed by atoms with van der Waals surface area (Å²) < 4.78 is 19.1. The van der Waals surface area contributed by atoms with Gasteiger partial charge in [-0.25, -0.2) is 4.39 Å². The van der Waals surface area contributed by atoms with Crippen LogP contribution in [0.4, 0.5) is 10.1 Å². The number of carbonyl (C=O) groups is 2. The lowest BCUT2D eigenvalue weighted by atomic mass is 10.1. The Hall–Kier alpha value is -2.69. The molecule has 0 unspecified atom stereocenters. The lowest BCUT2D eigenvalue weighted by Crippen LogP contribution is -2.15. The number of anilines is 1. The summed E-state index contributed by atoms with van der Waals surface area (Å²) in [6.45, 7) is 3.64. The van der Waals surface area contributed by atoms with Crippen molar-refractivity contribution in [3.63, 3.8) is 0 Å². The van der Waals surface area contributed by atoms with Crippen LogP contribution in [0.15, 0.2) is 42.5 Å². The molecule has 0 aliphatic carbocycles. The molecule has 0 heterocycles. The molecular weight excluding hydrogens is 285 g/mol. The van der Waals surface area contributed by atoms with Crippen molar-refractivity contribution in [2.24, 2.45) is 0 Å². The van der Waals surface area contributed by atoms with Gasteiger partial charge in [0.15, 0.2) is 5.78 Å². The van der Waals surface area contributed by atoms with Gasteiger partial charge in [-0.3, -0.25) is 9.59 Å². The quantitative estimate of drug-likeness (QED) is 0.857. The molecule has 0 saturated carbocycles. The minimum absolute atomic E-state index is 0.0711. The van der Waals surface area contributed by atoms with Crippen molar-refractivity contribution >= 4 is 17.4 Å². The average molecular weight is 301 g/mol. The van der Waals surface area contributed by atoms with Gasteiger partial charge in [-0.15, -0.1) is 0 Å². The first-order valence-corrected chi connectivity index (χ1v) is 6.86. The summed E-state index contributed by atoms with van der Waals surface area (Å²) in [6, 6.07) is 10.4. The van der Waals surface area contributed by atoms with Gasteiger partial charge < -0.3 is 10.1 Å². The second kappa shape index (κ2) is 6.85. The number of carbonyl (C=O) groups excluding carboxylic acids is 2. The van der Waals surface area contributed by atoms with Gasteiger partial charge in [0.05, 0.1) is 17.9 Å². The highest BCUT2D eigenvalue weighted by Crippen LogP contribution is 2.27. The predicted octanol–water partition coefficient (Wildman–Crippen LogP) is 3.68. The molecule has 2 aromatic rings. The molecule has 4 nitrogen and oxygen atoms in total. The largest absolute Gasteiger partial charge is 0.492 e. The number of hydrogen-bond acceptors (Lipinski definition) is 3. The molecule has 0 spiro atoms. The summed E-state index contributed by atoms with van der Waals surface area (Å²) in [5.74, 6) is -0.915. The van der Waals surface area contributed by atoms with Crippen LogP contribution in [0.3, 0.4) is 0 Å². The van der Waals surface area contributed by atoms with E-state index in [4.69, 9.17) is 4.74 Å². The van der Waals surface area contributed by atoms with E-state index in [1.165, 1.54) is 31.2 Å². The molecule has 1 N–H and O–H groups in total. The standard InChI is InChI=1S/C17H16FNO3/c1-3-22-16-9-8-12(11(2)20)10-15(16)19-17(21)13-6-4-5-7-14(13)18/h4-10H,3H2,1-2H3,(H,19,21). The molecule has 0 aliphatic heterocycles. The molecule has 0 bridgehead atoms. The predicted molar refractivity (Wildman–Crippen MR) is 82.0 cm³/mol. The summed E-state index contributed by atoms with van der Waals surface area (Å²) in [4.78, 5) is 23.6. The lowest BCUT2D eigenvalue weighted by Gasteiger charge is -2.13. The minimum atomic E-state index is -0.610. The molecule has 22 heavy (non-hydrogen) atoms. The van der Waals surface area contributed by atoms with Crippen molar-refractivity contribution < 1.29 is 18.7 Å². The summed E-state index contributed by atoms with van der Waals surface area (Å²) in [6.07, 6.45) is 0. The number of nitrogens with one attached hydrogen (secondary N) is 1. The van der Waals surface area contributed by atoms with Crippen molar-refractivity contribution in [2.75, 3.05) is 11.9 Å². The van der Waals surface area contributed by atoms with Crippen LogP contribution < -0.4 is 10.1 Å². The van der Waals surface area contributed by atoms with Gasteiger partial charge in [0, 0.05) is 5.56 Å². The number of hydrogen-bond donors (Lipinski definition) is 1. The van der Waals surface area contributed by atoms with E-state index >= 15 is 0 Å². The number of Topliss-reactive ketones (excluding diaryl/α,β-unsaturated/α-hetero) is 1. The first-order chi connectivity index (χ1) is 10.5. The zero-order valence-electron chi connectivity index (χ0n) is 12.4. The summed E-state index contributed by atoms with van der Waals surface area (Å²) in [7, 11) is 0. The SMILES string of the molecule is CCOc1ccc(C(C)=O)cc1NC(=O)c1ccccc1F. The van der Waals surface area contributed by atoms with E-state index in [9.17, 15) is 14.0 Å². The summed E-state index contributed by atoms with van der Waals surface area (Å²) in [5, 5.41) is 2.59. The smallest absolute Gasteiger partial charge is 0.258 e. The van der Waals surface area contributed by atoms with Gasteiger partial charge in [-0.05, 0) is 44.2 Å². The normalized spacial score (nSPS) is 10.1. The summed E-state index contributed by atoms with van der Waals surface area (Å²) in [5.41, 5.74) is 0.702. The van der Waals surface area contributed by atoms with Gasteiger partial charge >= 0.3 is 0 Å². The van der Waals surface area contributed by atoms with Gasteiger partial charge in [0.2, 0.25) is 0 Å². The van der Waals surface area contributed by atoms with E-state index in [1.807, 2.05) is 0 Å².